The average Bonchev–Trinajstić information content (AvgIpc) is 3.21. The molecule has 0 heterocycles. The van der Waals surface area contributed by atoms with Crippen molar-refractivity contribution in [2.75, 3.05) is 49.8 Å². The minimum absolute atomic E-state index is 0.112. The Kier molecular flexibility index (Phi) is 8.94. The first-order valence-corrected chi connectivity index (χ1v) is 17.7. The molecule has 52 heavy (non-hydrogen) atoms. The molecule has 2 atom stereocenters. The fraction of sp³-hybridized carbons (Fsp3) is 0.289. The van der Waals surface area contributed by atoms with Gasteiger partial charge in [0.05, 0.1) is 53.1 Å². The van der Waals surface area contributed by atoms with Crippen molar-refractivity contribution in [1.82, 2.24) is 0 Å². The molecule has 0 spiro atoms. The van der Waals surface area contributed by atoms with E-state index in [-0.39, 0.29) is 12.2 Å². The van der Waals surface area contributed by atoms with E-state index < -0.39 is 0 Å². The van der Waals surface area contributed by atoms with Gasteiger partial charge in [0.25, 0.3) is 0 Å². The lowest BCUT2D eigenvalue weighted by Gasteiger charge is -2.33. The van der Waals surface area contributed by atoms with E-state index >= 15 is 0 Å². The van der Waals surface area contributed by atoms with Gasteiger partial charge in [-0.25, -0.2) is 0 Å². The van der Waals surface area contributed by atoms with Gasteiger partial charge in [-0.3, -0.25) is 0 Å². The SMILES string of the molecule is COc1ccc(-c2c(-c3cc(-c4ccccc4)c4c5c(cc(OC)c(OC)c35)CC[C@@H]4OC)c(OC)c3c(OC)ccc4c3c2[C@H](OC)CC4)cc1. The van der Waals surface area contributed by atoms with Crippen molar-refractivity contribution in [3.63, 3.8) is 0 Å². The monoisotopic (exact) mass is 696 g/mol. The number of methoxy groups -OCH3 is 7. The molecule has 6 aromatic carbocycles. The topological polar surface area (TPSA) is 64.6 Å². The van der Waals surface area contributed by atoms with Crippen LogP contribution in [0, 0.1) is 0 Å². The highest BCUT2D eigenvalue weighted by molar-refractivity contribution is 6.17. The van der Waals surface area contributed by atoms with Crippen LogP contribution >= 0.6 is 0 Å². The molecule has 8 rings (SSSR count). The summed E-state index contributed by atoms with van der Waals surface area (Å²) in [5, 5.41) is 4.10. The summed E-state index contributed by atoms with van der Waals surface area (Å²) in [4.78, 5) is 0. The maximum Gasteiger partial charge on any atom is 0.169 e. The molecule has 0 saturated carbocycles. The van der Waals surface area contributed by atoms with Crippen molar-refractivity contribution in [2.45, 2.75) is 37.9 Å². The Balaban J connectivity index is 1.68. The van der Waals surface area contributed by atoms with Gasteiger partial charge in [-0.05, 0) is 117 Å². The van der Waals surface area contributed by atoms with Crippen molar-refractivity contribution in [1.29, 1.82) is 0 Å². The zero-order valence-electron chi connectivity index (χ0n) is 30.8. The Bertz CT molecular complexity index is 2310. The molecule has 0 aliphatic heterocycles. The van der Waals surface area contributed by atoms with Crippen LogP contribution in [0.15, 0.2) is 78.9 Å². The molecule has 2 aliphatic rings. The first kappa shape index (κ1) is 33.9. The molecule has 0 amide bonds. The Hall–Kier alpha value is -5.24. The van der Waals surface area contributed by atoms with Gasteiger partial charge in [-0.1, -0.05) is 48.5 Å². The Morgan fingerprint density at radius 3 is 1.75 bits per heavy atom. The van der Waals surface area contributed by atoms with Crippen LogP contribution in [0.1, 0.15) is 47.3 Å². The van der Waals surface area contributed by atoms with Crippen LogP contribution in [0.5, 0.6) is 28.7 Å². The first-order chi connectivity index (χ1) is 25.5. The molecular weight excluding hydrogens is 652 g/mol. The first-order valence-electron chi connectivity index (χ1n) is 17.7. The van der Waals surface area contributed by atoms with E-state index in [1.807, 2.05) is 12.1 Å². The van der Waals surface area contributed by atoms with E-state index in [2.05, 4.69) is 66.7 Å². The van der Waals surface area contributed by atoms with Gasteiger partial charge in [-0.15, -0.1) is 0 Å². The molecule has 0 saturated heterocycles. The molecule has 266 valence electrons. The normalized spacial score (nSPS) is 16.2. The van der Waals surface area contributed by atoms with Gasteiger partial charge < -0.3 is 33.2 Å². The van der Waals surface area contributed by atoms with E-state index in [4.69, 9.17) is 33.2 Å². The van der Waals surface area contributed by atoms with Crippen LogP contribution in [-0.4, -0.2) is 49.8 Å². The number of hydrogen-bond acceptors (Lipinski definition) is 7. The molecular formula is C45H44O7. The predicted molar refractivity (Wildman–Crippen MR) is 207 cm³/mol. The summed E-state index contributed by atoms with van der Waals surface area (Å²) in [6.07, 6.45) is 3.10. The summed E-state index contributed by atoms with van der Waals surface area (Å²) in [6.45, 7) is 0. The van der Waals surface area contributed by atoms with Crippen molar-refractivity contribution >= 4 is 21.5 Å². The largest absolute Gasteiger partial charge is 0.497 e. The zero-order chi connectivity index (χ0) is 36.1. The Morgan fingerprint density at radius 2 is 1.12 bits per heavy atom. The van der Waals surface area contributed by atoms with Gasteiger partial charge in [0.15, 0.2) is 11.5 Å². The fourth-order valence-corrected chi connectivity index (χ4v) is 8.84. The molecule has 7 nitrogen and oxygen atoms in total. The molecule has 6 aromatic rings. The lowest BCUT2D eigenvalue weighted by molar-refractivity contribution is 0.0955. The maximum absolute atomic E-state index is 6.64. The third kappa shape index (κ3) is 5.09. The van der Waals surface area contributed by atoms with Crippen molar-refractivity contribution in [3.8, 4) is 62.1 Å². The van der Waals surface area contributed by atoms with Gasteiger partial charge in [0.1, 0.15) is 17.2 Å². The highest BCUT2D eigenvalue weighted by Crippen LogP contribution is 2.59. The lowest BCUT2D eigenvalue weighted by Crippen LogP contribution is -2.15. The Labute approximate surface area is 304 Å². The van der Waals surface area contributed by atoms with Gasteiger partial charge in [0, 0.05) is 25.2 Å². The molecule has 0 bridgehead atoms. The molecule has 7 heteroatoms. The summed E-state index contributed by atoms with van der Waals surface area (Å²) in [5.41, 5.74) is 10.8. The van der Waals surface area contributed by atoms with Crippen LogP contribution in [0.25, 0.3) is 54.9 Å². The standard InChI is InChI=1S/C45H44O7/c1-46-29-18-13-26(14-19-29)36-41(45(52-7)43-34(49-4)21-16-27-15-20-33(48-3)42(36)37(27)43)31-24-30(25-11-9-8-10-12-25)39-32(47-2)22-17-28-23-35(50-5)44(51-6)40(31)38(28)39/h8-14,16,18-19,21,23-24,32-33H,15,17,20,22H2,1-7H3/t32-,33+/m0/s1. The summed E-state index contributed by atoms with van der Waals surface area (Å²) in [6, 6.07) is 27.5. The Morgan fingerprint density at radius 1 is 0.462 bits per heavy atom. The predicted octanol–water partition coefficient (Wildman–Crippen LogP) is 10.3. The smallest absolute Gasteiger partial charge is 0.169 e. The van der Waals surface area contributed by atoms with Crippen molar-refractivity contribution in [3.05, 3.63) is 101 Å². The van der Waals surface area contributed by atoms with Crippen LogP contribution in [0.2, 0.25) is 0 Å². The third-order valence-corrected chi connectivity index (χ3v) is 11.1. The van der Waals surface area contributed by atoms with Crippen LogP contribution in [-0.2, 0) is 22.3 Å². The zero-order valence-corrected chi connectivity index (χ0v) is 30.8. The summed E-state index contributed by atoms with van der Waals surface area (Å²) < 4.78 is 43.5. The second-order valence-electron chi connectivity index (χ2n) is 13.4. The second-order valence-corrected chi connectivity index (χ2v) is 13.4. The molecule has 0 aromatic heterocycles. The van der Waals surface area contributed by atoms with Crippen LogP contribution in [0.3, 0.4) is 0 Å². The maximum atomic E-state index is 6.64. The molecule has 0 N–H and O–H groups in total. The number of rotatable bonds is 10. The number of benzene rings is 6. The number of aryl methyl sites for hydroxylation is 2. The summed E-state index contributed by atoms with van der Waals surface area (Å²) >= 11 is 0. The van der Waals surface area contributed by atoms with E-state index in [1.54, 1.807) is 49.8 Å². The minimum atomic E-state index is -0.174. The van der Waals surface area contributed by atoms with Gasteiger partial charge in [0.2, 0.25) is 0 Å². The third-order valence-electron chi connectivity index (χ3n) is 11.1. The van der Waals surface area contributed by atoms with Crippen molar-refractivity contribution < 1.29 is 33.2 Å². The van der Waals surface area contributed by atoms with Crippen LogP contribution in [0.4, 0.5) is 0 Å². The minimum Gasteiger partial charge on any atom is -0.497 e. The molecule has 2 aliphatic carbocycles. The molecule has 0 radical (unpaired) electrons. The number of ether oxygens (including phenoxy) is 7. The van der Waals surface area contributed by atoms with Gasteiger partial charge >= 0.3 is 0 Å². The van der Waals surface area contributed by atoms with E-state index in [9.17, 15) is 0 Å². The molecule has 0 fully saturated rings. The fourth-order valence-electron chi connectivity index (χ4n) is 8.84. The molecule has 0 unspecified atom stereocenters. The average molecular weight is 697 g/mol. The van der Waals surface area contributed by atoms with E-state index in [0.29, 0.717) is 11.5 Å². The van der Waals surface area contributed by atoms with Crippen molar-refractivity contribution in [2.24, 2.45) is 0 Å². The summed E-state index contributed by atoms with van der Waals surface area (Å²) in [7, 11) is 12.2. The van der Waals surface area contributed by atoms with E-state index in [1.165, 1.54) is 11.1 Å². The van der Waals surface area contributed by atoms with E-state index in [0.717, 1.165) is 109 Å². The second kappa shape index (κ2) is 13.7. The highest BCUT2D eigenvalue weighted by atomic mass is 16.5. The summed E-state index contributed by atoms with van der Waals surface area (Å²) in [5.74, 6) is 3.59. The highest BCUT2D eigenvalue weighted by Gasteiger charge is 2.36. The van der Waals surface area contributed by atoms with Gasteiger partial charge in [-0.2, -0.15) is 0 Å². The quantitative estimate of drug-likeness (QED) is 0.141. The van der Waals surface area contributed by atoms with Crippen LogP contribution < -0.4 is 23.7 Å². The lowest BCUT2D eigenvalue weighted by atomic mass is 9.75. The number of hydrogen-bond donors (Lipinski definition) is 0.